The van der Waals surface area contributed by atoms with E-state index in [2.05, 4.69) is 19.6 Å². The molecule has 3 atom stereocenters. The van der Waals surface area contributed by atoms with E-state index >= 15 is 0 Å². The molecule has 1 heterocycles. The van der Waals surface area contributed by atoms with Crippen LogP contribution in [0.15, 0.2) is 24.5 Å². The third-order valence-corrected chi connectivity index (χ3v) is 2.99. The molecule has 0 N–H and O–H groups in total. The summed E-state index contributed by atoms with van der Waals surface area (Å²) in [5.74, 6) is 1.65. The zero-order valence-corrected chi connectivity index (χ0v) is 8.74. The predicted octanol–water partition coefficient (Wildman–Crippen LogP) is 3.01. The Balaban J connectivity index is 2.06. The van der Waals surface area contributed by atoms with Gasteiger partial charge in [0.25, 0.3) is 0 Å². The fourth-order valence-corrected chi connectivity index (χ4v) is 2.23. The van der Waals surface area contributed by atoms with Crippen molar-refractivity contribution >= 4 is 0 Å². The van der Waals surface area contributed by atoms with Crippen LogP contribution in [0.1, 0.15) is 32.6 Å². The van der Waals surface area contributed by atoms with E-state index < -0.39 is 0 Å². The number of allylic oxidation sites excluding steroid dienone is 1. The molecule has 0 aromatic carbocycles. The molecule has 2 heteroatoms. The second-order valence-electron chi connectivity index (χ2n) is 4.06. The lowest BCUT2D eigenvalue weighted by Crippen LogP contribution is -2.37. The van der Waals surface area contributed by atoms with E-state index in [-0.39, 0.29) is 6.29 Å². The van der Waals surface area contributed by atoms with Crippen molar-refractivity contribution in [2.75, 3.05) is 0 Å². The quantitative estimate of drug-likeness (QED) is 0.629. The Morgan fingerprint density at radius 1 is 1.64 bits per heavy atom. The summed E-state index contributed by atoms with van der Waals surface area (Å²) in [6.45, 7) is 5.85. The summed E-state index contributed by atoms with van der Waals surface area (Å²) in [5.41, 5.74) is 0. The normalized spacial score (nSPS) is 36.6. The first-order valence-electron chi connectivity index (χ1n) is 5.44. The Kier molecular flexibility index (Phi) is 2.92. The van der Waals surface area contributed by atoms with Crippen LogP contribution in [0.2, 0.25) is 0 Å². The van der Waals surface area contributed by atoms with Gasteiger partial charge in [0.05, 0.1) is 6.10 Å². The highest BCUT2D eigenvalue weighted by Crippen LogP contribution is 2.35. The smallest absolute Gasteiger partial charge is 0.203 e. The Bertz CT molecular complexity index is 245. The molecular weight excluding hydrogens is 176 g/mol. The average molecular weight is 194 g/mol. The lowest BCUT2D eigenvalue weighted by Gasteiger charge is -2.38. The molecule has 2 nitrogen and oxygen atoms in total. The summed E-state index contributed by atoms with van der Waals surface area (Å²) < 4.78 is 11.5. The van der Waals surface area contributed by atoms with Gasteiger partial charge in [0.2, 0.25) is 6.29 Å². The molecule has 0 spiro atoms. The molecule has 1 aliphatic carbocycles. The first-order valence-corrected chi connectivity index (χ1v) is 5.44. The maximum Gasteiger partial charge on any atom is 0.203 e. The molecule has 0 bridgehead atoms. The molecule has 1 saturated heterocycles. The zero-order valence-electron chi connectivity index (χ0n) is 8.74. The molecular formula is C12H18O2. The van der Waals surface area contributed by atoms with Crippen molar-refractivity contribution in [3.63, 3.8) is 0 Å². The lowest BCUT2D eigenvalue weighted by molar-refractivity contribution is -0.200. The molecule has 2 aliphatic rings. The molecule has 1 aliphatic heterocycles. The van der Waals surface area contributed by atoms with Gasteiger partial charge in [0.1, 0.15) is 5.76 Å². The van der Waals surface area contributed by atoms with Gasteiger partial charge in [0.15, 0.2) is 0 Å². The van der Waals surface area contributed by atoms with Crippen molar-refractivity contribution in [1.82, 2.24) is 0 Å². The summed E-state index contributed by atoms with van der Waals surface area (Å²) in [6.07, 6.45) is 8.65. The Labute approximate surface area is 85.6 Å². The van der Waals surface area contributed by atoms with Crippen molar-refractivity contribution in [3.05, 3.63) is 24.5 Å². The Morgan fingerprint density at radius 2 is 2.50 bits per heavy atom. The Morgan fingerprint density at radius 3 is 3.29 bits per heavy atom. The largest absolute Gasteiger partial charge is 0.469 e. The van der Waals surface area contributed by atoms with Gasteiger partial charge in [-0.1, -0.05) is 6.08 Å². The number of hydrogen-bond acceptors (Lipinski definition) is 2. The van der Waals surface area contributed by atoms with Crippen molar-refractivity contribution in [2.45, 2.75) is 45.0 Å². The molecule has 0 aromatic rings. The van der Waals surface area contributed by atoms with Crippen LogP contribution >= 0.6 is 0 Å². The highest BCUT2D eigenvalue weighted by atomic mass is 16.7. The third-order valence-electron chi connectivity index (χ3n) is 2.99. The van der Waals surface area contributed by atoms with E-state index in [9.17, 15) is 0 Å². The van der Waals surface area contributed by atoms with Crippen LogP contribution in [0.25, 0.3) is 0 Å². The minimum atomic E-state index is -0.108. The van der Waals surface area contributed by atoms with Crippen LogP contribution in [0, 0.1) is 5.92 Å². The SMILES string of the molecule is C=CCC1OC2=CCCCC2C(C)O1. The van der Waals surface area contributed by atoms with E-state index in [0.717, 1.165) is 18.6 Å². The average Bonchev–Trinajstić information content (AvgIpc) is 2.18. The minimum Gasteiger partial charge on any atom is -0.469 e. The molecule has 14 heavy (non-hydrogen) atoms. The van der Waals surface area contributed by atoms with E-state index in [1.165, 1.54) is 12.8 Å². The van der Waals surface area contributed by atoms with Gasteiger partial charge in [-0.3, -0.25) is 0 Å². The van der Waals surface area contributed by atoms with Crippen LogP contribution in [-0.2, 0) is 9.47 Å². The van der Waals surface area contributed by atoms with Gasteiger partial charge in [0, 0.05) is 12.3 Å². The van der Waals surface area contributed by atoms with E-state index in [0.29, 0.717) is 12.0 Å². The van der Waals surface area contributed by atoms with Gasteiger partial charge in [-0.2, -0.15) is 0 Å². The molecule has 3 unspecified atom stereocenters. The van der Waals surface area contributed by atoms with Gasteiger partial charge < -0.3 is 9.47 Å². The highest BCUT2D eigenvalue weighted by molar-refractivity contribution is 5.07. The molecule has 1 fully saturated rings. The monoisotopic (exact) mass is 194 g/mol. The standard InChI is InChI=1S/C12H18O2/c1-3-6-12-13-9(2)10-7-4-5-8-11(10)14-12/h3,8-10,12H,1,4-7H2,2H3. The van der Waals surface area contributed by atoms with Crippen molar-refractivity contribution in [2.24, 2.45) is 5.92 Å². The van der Waals surface area contributed by atoms with Gasteiger partial charge >= 0.3 is 0 Å². The first kappa shape index (κ1) is 9.78. The summed E-state index contributed by atoms with van der Waals surface area (Å²) in [5, 5.41) is 0. The van der Waals surface area contributed by atoms with Gasteiger partial charge in [-0.25, -0.2) is 0 Å². The van der Waals surface area contributed by atoms with Crippen molar-refractivity contribution in [1.29, 1.82) is 0 Å². The summed E-state index contributed by atoms with van der Waals surface area (Å²) in [4.78, 5) is 0. The van der Waals surface area contributed by atoms with Crippen molar-refractivity contribution < 1.29 is 9.47 Å². The second-order valence-corrected chi connectivity index (χ2v) is 4.06. The van der Waals surface area contributed by atoms with E-state index in [4.69, 9.17) is 9.47 Å². The van der Waals surface area contributed by atoms with Crippen molar-refractivity contribution in [3.8, 4) is 0 Å². The van der Waals surface area contributed by atoms with Crippen LogP contribution in [0.4, 0.5) is 0 Å². The topological polar surface area (TPSA) is 18.5 Å². The summed E-state index contributed by atoms with van der Waals surface area (Å²) in [6, 6.07) is 0. The molecule has 0 amide bonds. The zero-order chi connectivity index (χ0) is 9.97. The fourth-order valence-electron chi connectivity index (χ4n) is 2.23. The Hall–Kier alpha value is -0.760. The molecule has 78 valence electrons. The van der Waals surface area contributed by atoms with Crippen LogP contribution < -0.4 is 0 Å². The van der Waals surface area contributed by atoms with Crippen LogP contribution in [-0.4, -0.2) is 12.4 Å². The second kappa shape index (κ2) is 4.18. The molecule has 2 rings (SSSR count). The van der Waals surface area contributed by atoms with Gasteiger partial charge in [-0.15, -0.1) is 6.58 Å². The number of fused-ring (bicyclic) bond motifs is 1. The highest BCUT2D eigenvalue weighted by Gasteiger charge is 2.33. The number of hydrogen-bond donors (Lipinski definition) is 0. The predicted molar refractivity (Wildman–Crippen MR) is 55.7 cm³/mol. The minimum absolute atomic E-state index is 0.108. The van der Waals surface area contributed by atoms with E-state index in [1.54, 1.807) is 0 Å². The first-order chi connectivity index (χ1) is 6.81. The maximum atomic E-state index is 5.77. The number of rotatable bonds is 2. The van der Waals surface area contributed by atoms with Crippen LogP contribution in [0.3, 0.4) is 0 Å². The molecule has 0 aromatic heterocycles. The van der Waals surface area contributed by atoms with E-state index in [1.807, 2.05) is 6.08 Å². The lowest BCUT2D eigenvalue weighted by atomic mass is 9.89. The maximum absolute atomic E-state index is 5.77. The van der Waals surface area contributed by atoms with Crippen LogP contribution in [0.5, 0.6) is 0 Å². The summed E-state index contributed by atoms with van der Waals surface area (Å²) >= 11 is 0. The summed E-state index contributed by atoms with van der Waals surface area (Å²) in [7, 11) is 0. The molecule has 0 radical (unpaired) electrons. The number of ether oxygens (including phenoxy) is 2. The van der Waals surface area contributed by atoms with Gasteiger partial charge in [-0.05, 0) is 32.3 Å². The fraction of sp³-hybridized carbons (Fsp3) is 0.667. The molecule has 0 saturated carbocycles. The third kappa shape index (κ3) is 1.85.